The molecular weight excluding hydrogens is 262 g/mol. The normalized spacial score (nSPS) is 32.1. The molecule has 19 heavy (non-hydrogen) atoms. The number of likely N-dealkylation sites (tertiary alicyclic amines) is 1. The summed E-state index contributed by atoms with van der Waals surface area (Å²) >= 11 is 1.74. The Labute approximate surface area is 118 Å². The minimum Gasteiger partial charge on any atom is -0.481 e. The number of carboxylic acid groups (broad SMARTS) is 1. The lowest BCUT2D eigenvalue weighted by Gasteiger charge is -2.41. The van der Waals surface area contributed by atoms with Gasteiger partial charge in [-0.3, -0.25) is 9.59 Å². The summed E-state index contributed by atoms with van der Waals surface area (Å²) in [4.78, 5) is 25.8. The average Bonchev–Trinajstić information content (AvgIpc) is 2.47. The van der Waals surface area contributed by atoms with Gasteiger partial charge < -0.3 is 10.0 Å². The molecule has 108 valence electrons. The Balaban J connectivity index is 2.03. The lowest BCUT2D eigenvalue weighted by Crippen LogP contribution is -2.51. The van der Waals surface area contributed by atoms with Crippen molar-refractivity contribution in [2.75, 3.05) is 18.8 Å². The van der Waals surface area contributed by atoms with Crippen LogP contribution in [0.1, 0.15) is 45.4 Å². The van der Waals surface area contributed by atoms with E-state index in [1.54, 1.807) is 11.8 Å². The van der Waals surface area contributed by atoms with Crippen molar-refractivity contribution in [3.8, 4) is 0 Å². The fraction of sp³-hybridized carbons (Fsp3) is 0.857. The van der Waals surface area contributed by atoms with Gasteiger partial charge in [0.2, 0.25) is 5.91 Å². The van der Waals surface area contributed by atoms with E-state index in [-0.39, 0.29) is 11.2 Å². The van der Waals surface area contributed by atoms with E-state index in [4.69, 9.17) is 0 Å². The highest BCUT2D eigenvalue weighted by atomic mass is 32.2. The van der Waals surface area contributed by atoms with E-state index in [2.05, 4.69) is 0 Å². The first-order chi connectivity index (χ1) is 9.09. The van der Waals surface area contributed by atoms with Crippen molar-refractivity contribution < 1.29 is 14.7 Å². The molecular formula is C14H23NO3S. The van der Waals surface area contributed by atoms with Crippen LogP contribution < -0.4 is 0 Å². The van der Waals surface area contributed by atoms with Crippen molar-refractivity contribution in [1.29, 1.82) is 0 Å². The van der Waals surface area contributed by atoms with Gasteiger partial charge in [0, 0.05) is 13.1 Å². The fourth-order valence-corrected chi connectivity index (χ4v) is 4.35. The molecule has 2 aliphatic heterocycles. The first-order valence-corrected chi connectivity index (χ1v) is 8.28. The number of carboxylic acids is 1. The molecule has 0 spiro atoms. The molecule has 0 aromatic heterocycles. The lowest BCUT2D eigenvalue weighted by molar-refractivity contribution is -0.155. The molecule has 0 aliphatic carbocycles. The Morgan fingerprint density at radius 1 is 1.37 bits per heavy atom. The molecule has 1 N–H and O–H groups in total. The zero-order valence-corrected chi connectivity index (χ0v) is 12.4. The van der Waals surface area contributed by atoms with Gasteiger partial charge in [-0.25, -0.2) is 0 Å². The highest BCUT2D eigenvalue weighted by molar-refractivity contribution is 8.00. The fourth-order valence-electron chi connectivity index (χ4n) is 3.07. The molecule has 2 atom stereocenters. The molecule has 2 fully saturated rings. The number of amides is 1. The molecule has 0 bridgehead atoms. The number of piperidine rings is 1. The Kier molecular flexibility index (Phi) is 4.76. The Morgan fingerprint density at radius 2 is 2.16 bits per heavy atom. The van der Waals surface area contributed by atoms with Crippen LogP contribution in [0.3, 0.4) is 0 Å². The maximum atomic E-state index is 12.5. The number of nitrogens with zero attached hydrogens (tertiary/aromatic N) is 1. The van der Waals surface area contributed by atoms with E-state index in [9.17, 15) is 14.7 Å². The number of thioether (sulfide) groups is 1. The van der Waals surface area contributed by atoms with Crippen LogP contribution >= 0.6 is 11.8 Å². The molecule has 2 saturated heterocycles. The van der Waals surface area contributed by atoms with Gasteiger partial charge in [-0.2, -0.15) is 0 Å². The van der Waals surface area contributed by atoms with Crippen molar-refractivity contribution in [1.82, 2.24) is 4.90 Å². The number of carbonyl (C=O) groups is 2. The van der Waals surface area contributed by atoms with Crippen LogP contribution in [-0.4, -0.2) is 46.0 Å². The van der Waals surface area contributed by atoms with Crippen LogP contribution in [-0.2, 0) is 9.59 Å². The van der Waals surface area contributed by atoms with Crippen LogP contribution in [0.2, 0.25) is 0 Å². The van der Waals surface area contributed by atoms with E-state index in [0.717, 1.165) is 31.6 Å². The van der Waals surface area contributed by atoms with E-state index in [1.165, 1.54) is 6.42 Å². The molecule has 2 heterocycles. The zero-order chi connectivity index (χ0) is 13.9. The quantitative estimate of drug-likeness (QED) is 0.865. The minimum absolute atomic E-state index is 0.0650. The number of rotatable bonds is 3. The largest absolute Gasteiger partial charge is 0.481 e. The predicted octanol–water partition coefficient (Wildman–Crippen LogP) is 2.38. The molecule has 4 nitrogen and oxygen atoms in total. The average molecular weight is 285 g/mol. The number of aliphatic carboxylic acids is 1. The number of hydrogen-bond donors (Lipinski definition) is 1. The van der Waals surface area contributed by atoms with Gasteiger partial charge in [-0.15, -0.1) is 11.8 Å². The van der Waals surface area contributed by atoms with Gasteiger partial charge in [0.25, 0.3) is 0 Å². The first kappa shape index (κ1) is 14.7. The molecule has 1 amide bonds. The number of hydrogen-bond acceptors (Lipinski definition) is 3. The molecule has 2 unspecified atom stereocenters. The molecule has 0 aromatic rings. The summed E-state index contributed by atoms with van der Waals surface area (Å²) in [5.41, 5.74) is -0.715. The maximum absolute atomic E-state index is 12.5. The Bertz CT molecular complexity index is 355. The Hall–Kier alpha value is -0.710. The van der Waals surface area contributed by atoms with Crippen LogP contribution in [0.15, 0.2) is 0 Å². The van der Waals surface area contributed by atoms with Crippen LogP contribution in [0.4, 0.5) is 0 Å². The van der Waals surface area contributed by atoms with Gasteiger partial charge in [-0.1, -0.05) is 13.3 Å². The van der Waals surface area contributed by atoms with Gasteiger partial charge in [0.15, 0.2) is 0 Å². The topological polar surface area (TPSA) is 57.6 Å². The van der Waals surface area contributed by atoms with Gasteiger partial charge in [0.1, 0.15) is 0 Å². The second kappa shape index (κ2) is 6.16. The summed E-state index contributed by atoms with van der Waals surface area (Å²) in [6, 6.07) is 0. The van der Waals surface area contributed by atoms with Crippen molar-refractivity contribution in [3.05, 3.63) is 0 Å². The van der Waals surface area contributed by atoms with Crippen molar-refractivity contribution >= 4 is 23.6 Å². The zero-order valence-electron chi connectivity index (χ0n) is 11.6. The van der Waals surface area contributed by atoms with Crippen molar-refractivity contribution in [3.63, 3.8) is 0 Å². The highest BCUT2D eigenvalue weighted by Crippen LogP contribution is 2.35. The third-order valence-electron chi connectivity index (χ3n) is 4.47. The third-order valence-corrected chi connectivity index (χ3v) is 5.84. The standard InChI is InChI=1S/C14H23NO3S/c1-2-14(13(17)18)7-5-8-15(10-14)12(16)11-6-3-4-9-19-11/h11H,2-10H2,1H3,(H,17,18). The van der Waals surface area contributed by atoms with Gasteiger partial charge in [0.05, 0.1) is 10.7 Å². The molecule has 0 radical (unpaired) electrons. The third kappa shape index (κ3) is 3.07. The summed E-state index contributed by atoms with van der Waals surface area (Å²) < 4.78 is 0. The smallest absolute Gasteiger partial charge is 0.311 e. The summed E-state index contributed by atoms with van der Waals surface area (Å²) in [6.45, 7) is 3.04. The molecule has 0 aromatic carbocycles. The van der Waals surface area contributed by atoms with E-state index < -0.39 is 11.4 Å². The monoisotopic (exact) mass is 285 g/mol. The summed E-state index contributed by atoms with van der Waals surface area (Å²) in [7, 11) is 0. The highest BCUT2D eigenvalue weighted by Gasteiger charge is 2.43. The molecule has 0 saturated carbocycles. The SMILES string of the molecule is CCC1(C(=O)O)CCCN(C(=O)C2CCCCS2)C1. The second-order valence-electron chi connectivity index (χ2n) is 5.66. The Morgan fingerprint density at radius 3 is 2.74 bits per heavy atom. The molecule has 5 heteroatoms. The second-order valence-corrected chi connectivity index (χ2v) is 6.97. The summed E-state index contributed by atoms with van der Waals surface area (Å²) in [6.07, 6.45) is 5.37. The lowest BCUT2D eigenvalue weighted by atomic mass is 9.77. The van der Waals surface area contributed by atoms with Crippen LogP contribution in [0.25, 0.3) is 0 Å². The van der Waals surface area contributed by atoms with Gasteiger partial charge >= 0.3 is 5.97 Å². The predicted molar refractivity (Wildman–Crippen MR) is 76.3 cm³/mol. The summed E-state index contributed by atoms with van der Waals surface area (Å²) in [5, 5.41) is 9.52. The minimum atomic E-state index is -0.746. The number of carbonyl (C=O) groups excluding carboxylic acids is 1. The first-order valence-electron chi connectivity index (χ1n) is 7.23. The molecule has 2 rings (SSSR count). The van der Waals surface area contributed by atoms with Crippen LogP contribution in [0.5, 0.6) is 0 Å². The van der Waals surface area contributed by atoms with Crippen molar-refractivity contribution in [2.45, 2.75) is 50.7 Å². The van der Waals surface area contributed by atoms with Gasteiger partial charge in [-0.05, 0) is 37.9 Å². The van der Waals surface area contributed by atoms with Crippen LogP contribution in [0, 0.1) is 5.41 Å². The van der Waals surface area contributed by atoms with E-state index in [1.807, 2.05) is 11.8 Å². The maximum Gasteiger partial charge on any atom is 0.311 e. The molecule has 2 aliphatic rings. The van der Waals surface area contributed by atoms with Crippen molar-refractivity contribution in [2.24, 2.45) is 5.41 Å². The van der Waals surface area contributed by atoms with E-state index >= 15 is 0 Å². The summed E-state index contributed by atoms with van der Waals surface area (Å²) in [5.74, 6) is 0.481. The van der Waals surface area contributed by atoms with E-state index in [0.29, 0.717) is 19.4 Å².